The number of alkyl halides is 3. The van der Waals surface area contributed by atoms with Gasteiger partial charge in [-0.2, -0.15) is 13.2 Å². The maximum atomic E-state index is 13.0. The molecule has 1 aromatic rings. The van der Waals surface area contributed by atoms with Gasteiger partial charge in [-0.05, 0) is 52.8 Å². The quantitative estimate of drug-likeness (QED) is 0.253. The van der Waals surface area contributed by atoms with Crippen LogP contribution in [-0.2, 0) is 11.2 Å². The first-order valence-corrected chi connectivity index (χ1v) is 13.6. The minimum Gasteiger partial charge on any atom is -0.493 e. The summed E-state index contributed by atoms with van der Waals surface area (Å²) in [4.78, 5) is 12.7. The highest BCUT2D eigenvalue weighted by molar-refractivity contribution is 14.1. The second-order valence-corrected chi connectivity index (χ2v) is 14.2. The van der Waals surface area contributed by atoms with Crippen molar-refractivity contribution in [2.24, 2.45) is 0 Å². The van der Waals surface area contributed by atoms with Crippen LogP contribution < -0.4 is 9.47 Å². The fourth-order valence-corrected chi connectivity index (χ4v) is 4.02. The first-order valence-electron chi connectivity index (χ1n) is 8.80. The normalized spacial score (nSPS) is 12.3. The van der Waals surface area contributed by atoms with Gasteiger partial charge >= 0.3 is 12.1 Å². The lowest BCUT2D eigenvalue weighted by atomic mass is 10.1. The van der Waals surface area contributed by atoms with Gasteiger partial charge < -0.3 is 14.4 Å². The third-order valence-electron chi connectivity index (χ3n) is 3.96. The average Bonchev–Trinajstić information content (AvgIpc) is 2.59. The van der Waals surface area contributed by atoms with Gasteiger partial charge in [0, 0.05) is 24.7 Å². The molecule has 28 heavy (non-hydrogen) atoms. The van der Waals surface area contributed by atoms with Crippen LogP contribution >= 0.6 is 22.6 Å². The van der Waals surface area contributed by atoms with Crippen LogP contribution in [-0.4, -0.2) is 52.4 Å². The molecule has 0 saturated carbocycles. The Kier molecular flexibility index (Phi) is 9.32. The Morgan fingerprint density at radius 3 is 2.21 bits per heavy atom. The molecule has 0 heterocycles. The predicted molar refractivity (Wildman–Crippen MR) is 116 cm³/mol. The molecule has 1 rings (SSSR count). The Morgan fingerprint density at radius 2 is 1.71 bits per heavy atom. The second-order valence-electron chi connectivity index (χ2n) is 7.53. The zero-order valence-corrected chi connectivity index (χ0v) is 20.0. The van der Waals surface area contributed by atoms with Crippen LogP contribution in [0.15, 0.2) is 24.3 Å². The van der Waals surface area contributed by atoms with Crippen molar-refractivity contribution < 1.29 is 27.4 Å². The number of carbonyl (C=O) groups is 1. The minimum atomic E-state index is -4.89. The molecular weight excluding hydrogens is 502 g/mol. The average molecular weight is 529 g/mol. The van der Waals surface area contributed by atoms with E-state index in [-0.39, 0.29) is 19.5 Å². The Labute approximate surface area is 179 Å². The summed E-state index contributed by atoms with van der Waals surface area (Å²) < 4.78 is 50.2. The van der Waals surface area contributed by atoms with E-state index in [1.165, 1.54) is 14.2 Å². The largest absolute Gasteiger partial charge is 0.493 e. The van der Waals surface area contributed by atoms with Crippen LogP contribution in [0.25, 0.3) is 0 Å². The Balaban J connectivity index is 2.94. The summed E-state index contributed by atoms with van der Waals surface area (Å²) in [7, 11) is 1.68. The van der Waals surface area contributed by atoms with E-state index in [1.807, 2.05) is 6.08 Å². The van der Waals surface area contributed by atoms with E-state index in [0.29, 0.717) is 11.5 Å². The molecule has 9 heteroatoms. The van der Waals surface area contributed by atoms with E-state index in [4.69, 9.17) is 9.47 Å². The number of amides is 1. The van der Waals surface area contributed by atoms with Gasteiger partial charge in [0.2, 0.25) is 0 Å². The summed E-state index contributed by atoms with van der Waals surface area (Å²) in [6, 6.07) is 4.35. The highest BCUT2D eigenvalue weighted by atomic mass is 127. The number of carbonyl (C=O) groups excluding carboxylic acids is 1. The third kappa shape index (κ3) is 8.02. The molecule has 158 valence electrons. The third-order valence-corrected chi connectivity index (χ3v) is 6.42. The van der Waals surface area contributed by atoms with Gasteiger partial charge in [0.05, 0.1) is 14.2 Å². The maximum Gasteiger partial charge on any atom is 0.471 e. The fraction of sp³-hybridized carbons (Fsp3) is 0.526. The van der Waals surface area contributed by atoms with Crippen molar-refractivity contribution in [2.45, 2.75) is 38.3 Å². The molecular formula is C19H27F3INO3Si. The molecule has 0 unspecified atom stereocenters. The van der Waals surface area contributed by atoms with E-state index >= 15 is 0 Å². The highest BCUT2D eigenvalue weighted by Crippen LogP contribution is 2.31. The van der Waals surface area contributed by atoms with E-state index in [2.05, 4.69) is 42.2 Å². The summed E-state index contributed by atoms with van der Waals surface area (Å²) in [6.07, 6.45) is -1.08. The molecule has 0 aliphatic carbocycles. The smallest absolute Gasteiger partial charge is 0.471 e. The lowest BCUT2D eigenvalue weighted by Crippen LogP contribution is -2.42. The number of halogens is 4. The maximum absolute atomic E-state index is 13.0. The van der Waals surface area contributed by atoms with E-state index in [9.17, 15) is 18.0 Å². The number of hydrogen-bond donors (Lipinski definition) is 0. The Morgan fingerprint density at radius 1 is 1.14 bits per heavy atom. The standard InChI is InChI=1S/C19H27F3INO3Si/c1-26-16-12-14(15(23)13-17(16)27-2)8-10-24(18(25)19(20,21)22)9-6-7-11-28(3,4)5/h6-7,12-13H,8-11H2,1-5H3/b7-6+. The molecule has 0 bridgehead atoms. The molecule has 1 amide bonds. The minimum absolute atomic E-state index is 0.0406. The molecule has 4 nitrogen and oxygen atoms in total. The van der Waals surface area contributed by atoms with Crippen molar-refractivity contribution in [1.29, 1.82) is 0 Å². The number of allylic oxidation sites excluding steroid dienone is 1. The van der Waals surface area contributed by atoms with Gasteiger partial charge in [-0.3, -0.25) is 4.79 Å². The highest BCUT2D eigenvalue weighted by Gasteiger charge is 2.42. The molecule has 0 radical (unpaired) electrons. The molecule has 0 atom stereocenters. The monoisotopic (exact) mass is 529 g/mol. The van der Waals surface area contributed by atoms with Crippen LogP contribution in [0.2, 0.25) is 25.7 Å². The summed E-state index contributed by atoms with van der Waals surface area (Å²) in [5.74, 6) is -0.768. The molecule has 0 spiro atoms. The number of hydrogen-bond acceptors (Lipinski definition) is 3. The second kappa shape index (κ2) is 10.5. The van der Waals surface area contributed by atoms with Crippen LogP contribution in [0.4, 0.5) is 13.2 Å². The number of nitrogens with zero attached hydrogens (tertiary/aromatic N) is 1. The summed E-state index contributed by atoms with van der Waals surface area (Å²) >= 11 is 2.10. The fourth-order valence-electron chi connectivity index (χ4n) is 2.44. The number of rotatable bonds is 9. The zero-order chi connectivity index (χ0) is 21.5. The van der Waals surface area contributed by atoms with Crippen LogP contribution in [0.3, 0.4) is 0 Å². The predicted octanol–water partition coefficient (Wildman–Crippen LogP) is 5.14. The molecule has 0 N–H and O–H groups in total. The van der Waals surface area contributed by atoms with Gasteiger partial charge in [0.1, 0.15) is 0 Å². The van der Waals surface area contributed by atoms with Gasteiger partial charge in [0.25, 0.3) is 0 Å². The van der Waals surface area contributed by atoms with Crippen molar-refractivity contribution in [3.63, 3.8) is 0 Å². The summed E-state index contributed by atoms with van der Waals surface area (Å²) in [6.45, 7) is 6.42. The van der Waals surface area contributed by atoms with Crippen LogP contribution in [0.1, 0.15) is 5.56 Å². The molecule has 0 aliphatic rings. The van der Waals surface area contributed by atoms with Crippen molar-refractivity contribution >= 4 is 36.6 Å². The van der Waals surface area contributed by atoms with Gasteiger partial charge in [-0.25, -0.2) is 0 Å². The molecule has 0 aromatic heterocycles. The van der Waals surface area contributed by atoms with Crippen molar-refractivity contribution in [1.82, 2.24) is 4.90 Å². The summed E-state index contributed by atoms with van der Waals surface area (Å²) in [5, 5.41) is 0. The molecule has 0 fully saturated rings. The number of methoxy groups -OCH3 is 2. The van der Waals surface area contributed by atoms with Gasteiger partial charge in [0.15, 0.2) is 11.5 Å². The SMILES string of the molecule is COc1cc(I)c(CCN(C/C=C/C[Si](C)(C)C)C(=O)C(F)(F)F)cc1OC. The van der Waals surface area contributed by atoms with Crippen molar-refractivity contribution in [3.05, 3.63) is 33.4 Å². The van der Waals surface area contributed by atoms with Crippen LogP contribution in [0, 0.1) is 3.57 Å². The first kappa shape index (κ1) is 24.8. The van der Waals surface area contributed by atoms with E-state index in [0.717, 1.165) is 20.1 Å². The molecule has 0 saturated heterocycles. The van der Waals surface area contributed by atoms with Crippen molar-refractivity contribution in [2.75, 3.05) is 27.3 Å². The summed E-state index contributed by atoms with van der Waals surface area (Å²) in [5.41, 5.74) is 0.796. The van der Waals surface area contributed by atoms with Crippen molar-refractivity contribution in [3.8, 4) is 11.5 Å². The number of ether oxygens (including phenoxy) is 2. The lowest BCUT2D eigenvalue weighted by molar-refractivity contribution is -0.184. The van der Waals surface area contributed by atoms with E-state index in [1.54, 1.807) is 18.2 Å². The van der Waals surface area contributed by atoms with E-state index < -0.39 is 20.2 Å². The lowest BCUT2D eigenvalue weighted by Gasteiger charge is -2.23. The molecule has 0 aliphatic heterocycles. The topological polar surface area (TPSA) is 38.8 Å². The Hall–Kier alpha value is -1.23. The molecule has 1 aromatic carbocycles. The van der Waals surface area contributed by atoms with Gasteiger partial charge in [-0.15, -0.1) is 0 Å². The Bertz CT molecular complexity index is 703. The zero-order valence-electron chi connectivity index (χ0n) is 16.8. The number of benzene rings is 1. The first-order chi connectivity index (χ1) is 12.9. The van der Waals surface area contributed by atoms with Gasteiger partial charge in [-0.1, -0.05) is 31.8 Å². The van der Waals surface area contributed by atoms with Crippen LogP contribution in [0.5, 0.6) is 11.5 Å².